The summed E-state index contributed by atoms with van der Waals surface area (Å²) in [6, 6.07) is 3.44. The molecule has 0 saturated carbocycles. The average molecular weight is 294 g/mol. The van der Waals surface area contributed by atoms with Gasteiger partial charge in [-0.05, 0) is 0 Å². The molecule has 0 radical (unpaired) electrons. The Kier molecular flexibility index (Phi) is 4.34. The van der Waals surface area contributed by atoms with Crippen molar-refractivity contribution in [2.24, 2.45) is 0 Å². The first-order chi connectivity index (χ1) is 7.49. The summed E-state index contributed by atoms with van der Waals surface area (Å²) < 4.78 is 13.5. The lowest BCUT2D eigenvalue weighted by Gasteiger charge is -2.16. The van der Waals surface area contributed by atoms with E-state index in [4.69, 9.17) is 0 Å². The maximum Gasteiger partial charge on any atom is 0.305 e. The molecule has 2 N–H and O–H groups in total. The van der Waals surface area contributed by atoms with E-state index >= 15 is 0 Å². The highest BCUT2D eigenvalue weighted by molar-refractivity contribution is 9.09. The summed E-state index contributed by atoms with van der Waals surface area (Å²) in [5, 5.41) is 29.3. The van der Waals surface area contributed by atoms with Crippen LogP contribution < -0.4 is 0 Å². The van der Waals surface area contributed by atoms with Gasteiger partial charge in [0.1, 0.15) is 6.10 Å². The van der Waals surface area contributed by atoms with E-state index in [2.05, 4.69) is 15.9 Å². The van der Waals surface area contributed by atoms with E-state index in [1.54, 1.807) is 0 Å². The first-order valence-electron chi connectivity index (χ1n) is 4.34. The Morgan fingerprint density at radius 1 is 1.50 bits per heavy atom. The van der Waals surface area contributed by atoms with Crippen LogP contribution >= 0.6 is 15.9 Å². The largest absolute Gasteiger partial charge is 0.389 e. The SMILES string of the molecule is O=[N+]([O-])c1cccc(C(O)C(O)CBr)c1F. The summed E-state index contributed by atoms with van der Waals surface area (Å²) in [6.07, 6.45) is -2.73. The number of alkyl halides is 1. The molecular formula is C9H9BrFNO4. The predicted octanol–water partition coefficient (Wildman–Crippen LogP) is 1.52. The maximum absolute atomic E-state index is 13.5. The number of aliphatic hydroxyl groups is 2. The smallest absolute Gasteiger partial charge is 0.305 e. The van der Waals surface area contributed by atoms with Gasteiger partial charge in [-0.25, -0.2) is 0 Å². The van der Waals surface area contributed by atoms with E-state index in [1.807, 2.05) is 0 Å². The number of nitro groups is 1. The molecule has 0 bridgehead atoms. The van der Waals surface area contributed by atoms with Crippen molar-refractivity contribution in [3.63, 3.8) is 0 Å². The van der Waals surface area contributed by atoms with Crippen LogP contribution in [0.5, 0.6) is 0 Å². The average Bonchev–Trinajstić information content (AvgIpc) is 2.27. The number of nitrogens with zero attached hydrogens (tertiary/aromatic N) is 1. The van der Waals surface area contributed by atoms with Gasteiger partial charge in [-0.3, -0.25) is 10.1 Å². The van der Waals surface area contributed by atoms with Crippen LogP contribution in [0.2, 0.25) is 0 Å². The molecular weight excluding hydrogens is 285 g/mol. The Balaban J connectivity index is 3.15. The van der Waals surface area contributed by atoms with Crippen LogP contribution in [0.25, 0.3) is 0 Å². The highest BCUT2D eigenvalue weighted by Crippen LogP contribution is 2.27. The molecule has 0 aliphatic rings. The summed E-state index contributed by atoms with van der Waals surface area (Å²) in [5.74, 6) is -1.12. The molecule has 0 saturated heterocycles. The first-order valence-corrected chi connectivity index (χ1v) is 5.46. The van der Waals surface area contributed by atoms with Gasteiger partial charge in [-0.1, -0.05) is 28.1 Å². The highest BCUT2D eigenvalue weighted by atomic mass is 79.9. The van der Waals surface area contributed by atoms with E-state index in [-0.39, 0.29) is 10.9 Å². The fourth-order valence-corrected chi connectivity index (χ4v) is 1.55. The molecule has 2 atom stereocenters. The summed E-state index contributed by atoms with van der Waals surface area (Å²) in [6.45, 7) is 0. The van der Waals surface area contributed by atoms with Crippen molar-refractivity contribution < 1.29 is 19.5 Å². The third-order valence-corrected chi connectivity index (χ3v) is 2.71. The number of hydrogen-bond acceptors (Lipinski definition) is 4. The molecule has 0 spiro atoms. The minimum atomic E-state index is -1.50. The number of halogens is 2. The zero-order valence-electron chi connectivity index (χ0n) is 8.01. The van der Waals surface area contributed by atoms with E-state index < -0.39 is 28.6 Å². The second kappa shape index (κ2) is 5.33. The lowest BCUT2D eigenvalue weighted by atomic mass is 10.0. The molecule has 5 nitrogen and oxygen atoms in total. The van der Waals surface area contributed by atoms with Gasteiger partial charge in [0.2, 0.25) is 5.82 Å². The Labute approximate surface area is 98.8 Å². The van der Waals surface area contributed by atoms with Crippen molar-refractivity contribution >= 4 is 21.6 Å². The van der Waals surface area contributed by atoms with Crippen LogP contribution in [-0.4, -0.2) is 26.6 Å². The molecule has 0 aromatic heterocycles. The lowest BCUT2D eigenvalue weighted by molar-refractivity contribution is -0.387. The second-order valence-electron chi connectivity index (χ2n) is 3.10. The van der Waals surface area contributed by atoms with E-state index in [1.165, 1.54) is 12.1 Å². The zero-order chi connectivity index (χ0) is 12.3. The van der Waals surface area contributed by atoms with E-state index in [0.29, 0.717) is 0 Å². The number of hydrogen-bond donors (Lipinski definition) is 2. The Hall–Kier alpha value is -1.05. The first kappa shape index (κ1) is 13.0. The van der Waals surface area contributed by atoms with Gasteiger partial charge in [0.05, 0.1) is 11.0 Å². The summed E-state index contributed by atoms with van der Waals surface area (Å²) in [4.78, 5) is 9.57. The van der Waals surface area contributed by atoms with Gasteiger partial charge in [-0.15, -0.1) is 0 Å². The minimum Gasteiger partial charge on any atom is -0.389 e. The van der Waals surface area contributed by atoms with Crippen molar-refractivity contribution in [3.8, 4) is 0 Å². The fourth-order valence-electron chi connectivity index (χ4n) is 1.20. The predicted molar refractivity (Wildman–Crippen MR) is 57.8 cm³/mol. The fraction of sp³-hybridized carbons (Fsp3) is 0.333. The molecule has 7 heteroatoms. The monoisotopic (exact) mass is 293 g/mol. The van der Waals surface area contributed by atoms with Crippen molar-refractivity contribution in [2.75, 3.05) is 5.33 Å². The molecule has 0 heterocycles. The van der Waals surface area contributed by atoms with Gasteiger partial charge in [-0.2, -0.15) is 4.39 Å². The molecule has 0 aliphatic heterocycles. The Morgan fingerprint density at radius 3 is 2.62 bits per heavy atom. The zero-order valence-corrected chi connectivity index (χ0v) is 9.59. The molecule has 88 valence electrons. The van der Waals surface area contributed by atoms with Crippen LogP contribution in [0.3, 0.4) is 0 Å². The lowest BCUT2D eigenvalue weighted by Crippen LogP contribution is -2.20. The van der Waals surface area contributed by atoms with E-state index in [0.717, 1.165) is 6.07 Å². The Bertz CT molecular complexity index is 401. The quantitative estimate of drug-likeness (QED) is 0.501. The highest BCUT2D eigenvalue weighted by Gasteiger charge is 2.25. The molecule has 1 aromatic rings. The van der Waals surface area contributed by atoms with Crippen LogP contribution in [-0.2, 0) is 0 Å². The van der Waals surface area contributed by atoms with Crippen LogP contribution in [0.1, 0.15) is 11.7 Å². The molecule has 1 rings (SSSR count). The number of rotatable bonds is 4. The topological polar surface area (TPSA) is 83.6 Å². The van der Waals surface area contributed by atoms with E-state index in [9.17, 15) is 24.7 Å². The normalized spacial score (nSPS) is 14.5. The van der Waals surface area contributed by atoms with Gasteiger partial charge < -0.3 is 10.2 Å². The number of nitro benzene ring substituents is 1. The van der Waals surface area contributed by atoms with Gasteiger partial charge in [0.25, 0.3) is 0 Å². The summed E-state index contributed by atoms with van der Waals surface area (Å²) >= 11 is 2.92. The number of benzene rings is 1. The van der Waals surface area contributed by atoms with Crippen molar-refractivity contribution in [1.82, 2.24) is 0 Å². The number of aliphatic hydroxyl groups excluding tert-OH is 2. The third-order valence-electron chi connectivity index (χ3n) is 2.05. The third kappa shape index (κ3) is 2.55. The van der Waals surface area contributed by atoms with Crippen molar-refractivity contribution in [2.45, 2.75) is 12.2 Å². The Morgan fingerprint density at radius 2 is 2.12 bits per heavy atom. The summed E-state index contributed by atoms with van der Waals surface area (Å²) in [7, 11) is 0. The van der Waals surface area contributed by atoms with Crippen LogP contribution in [0.4, 0.5) is 10.1 Å². The van der Waals surface area contributed by atoms with Gasteiger partial charge >= 0.3 is 5.69 Å². The second-order valence-corrected chi connectivity index (χ2v) is 3.75. The van der Waals surface area contributed by atoms with Crippen molar-refractivity contribution in [1.29, 1.82) is 0 Å². The van der Waals surface area contributed by atoms with Gasteiger partial charge in [0, 0.05) is 17.0 Å². The van der Waals surface area contributed by atoms with Crippen LogP contribution in [0.15, 0.2) is 18.2 Å². The molecule has 1 aromatic carbocycles. The van der Waals surface area contributed by atoms with Gasteiger partial charge in [0.15, 0.2) is 0 Å². The molecule has 0 fully saturated rings. The molecule has 0 amide bonds. The standard InChI is InChI=1S/C9H9BrFNO4/c10-4-7(13)9(14)5-2-1-3-6(8(5)11)12(15)16/h1-3,7,9,13-14H,4H2. The summed E-state index contributed by atoms with van der Waals surface area (Å²) in [5.41, 5.74) is -1.01. The minimum absolute atomic E-state index is 0.0380. The molecule has 16 heavy (non-hydrogen) atoms. The van der Waals surface area contributed by atoms with Crippen molar-refractivity contribution in [3.05, 3.63) is 39.7 Å². The molecule has 0 aliphatic carbocycles. The maximum atomic E-state index is 13.5. The van der Waals surface area contributed by atoms with Crippen LogP contribution in [0, 0.1) is 15.9 Å². The molecule has 2 unspecified atom stereocenters.